The van der Waals surface area contributed by atoms with Crippen molar-refractivity contribution in [2.75, 3.05) is 39.8 Å². The van der Waals surface area contributed by atoms with Crippen molar-refractivity contribution in [2.24, 2.45) is 0 Å². The van der Waals surface area contributed by atoms with Crippen molar-refractivity contribution < 1.29 is 0 Å². The van der Waals surface area contributed by atoms with E-state index in [1.807, 2.05) is 22.8 Å². The number of likely N-dealkylation sites (N-methyl/N-ethyl adjacent to an activating group) is 1. The Balaban J connectivity index is 1.50. The average Bonchev–Trinajstić information content (AvgIpc) is 2.79. The number of nitrogens with zero attached hydrogens (tertiary/aromatic N) is 3. The molecule has 0 spiro atoms. The van der Waals surface area contributed by atoms with Gasteiger partial charge in [-0.1, -0.05) is 54.6 Å². The molecule has 0 aliphatic carbocycles. The van der Waals surface area contributed by atoms with Crippen LogP contribution in [0.4, 0.5) is 0 Å². The lowest BCUT2D eigenvalue weighted by Crippen LogP contribution is -2.44. The summed E-state index contributed by atoms with van der Waals surface area (Å²) >= 11 is 0. The Morgan fingerprint density at radius 2 is 1.37 bits per heavy atom. The first kappa shape index (κ1) is 19.3. The highest BCUT2D eigenvalue weighted by molar-refractivity contribution is 6.15. The van der Waals surface area contributed by atoms with E-state index in [0.29, 0.717) is 0 Å². The van der Waals surface area contributed by atoms with Gasteiger partial charge >= 0.3 is 0 Å². The molecule has 1 fully saturated rings. The third-order valence-electron chi connectivity index (χ3n) is 6.57. The fraction of sp³-hybridized carbons (Fsp3) is 0.346. The summed E-state index contributed by atoms with van der Waals surface area (Å²) in [5.41, 5.74) is 1.21. The van der Waals surface area contributed by atoms with Crippen molar-refractivity contribution in [3.8, 4) is 0 Å². The minimum Gasteiger partial charge on any atom is -0.307 e. The zero-order valence-electron chi connectivity index (χ0n) is 17.7. The van der Waals surface area contributed by atoms with Crippen molar-refractivity contribution in [3.05, 3.63) is 71.0 Å². The minimum absolute atomic E-state index is 0.133. The molecule has 0 atom stereocenters. The van der Waals surface area contributed by atoms with Crippen LogP contribution in [0.15, 0.2) is 65.5 Å². The van der Waals surface area contributed by atoms with Crippen molar-refractivity contribution in [3.63, 3.8) is 0 Å². The van der Waals surface area contributed by atoms with Gasteiger partial charge in [-0.2, -0.15) is 0 Å². The highest BCUT2D eigenvalue weighted by Crippen LogP contribution is 2.29. The van der Waals surface area contributed by atoms with Gasteiger partial charge in [-0.05, 0) is 43.3 Å². The predicted octanol–water partition coefficient (Wildman–Crippen LogP) is 4.34. The molecule has 1 saturated heterocycles. The molecule has 1 aliphatic heterocycles. The van der Waals surface area contributed by atoms with Crippen LogP contribution in [0.2, 0.25) is 0 Å². The van der Waals surface area contributed by atoms with Crippen LogP contribution in [0.3, 0.4) is 0 Å². The van der Waals surface area contributed by atoms with Gasteiger partial charge in [0.1, 0.15) is 0 Å². The van der Waals surface area contributed by atoms with E-state index >= 15 is 0 Å². The van der Waals surface area contributed by atoms with Crippen LogP contribution < -0.4 is 5.56 Å². The molecule has 4 aromatic rings. The normalized spacial score (nSPS) is 16.0. The number of piperazine rings is 1. The van der Waals surface area contributed by atoms with Gasteiger partial charge < -0.3 is 14.4 Å². The molecule has 0 amide bonds. The monoisotopic (exact) mass is 399 g/mol. The number of aryl methyl sites for hydroxylation is 1. The number of hydrogen-bond acceptors (Lipinski definition) is 3. The number of fused-ring (bicyclic) bond motifs is 5. The molecule has 2 heterocycles. The fourth-order valence-electron chi connectivity index (χ4n) is 4.80. The lowest BCUT2D eigenvalue weighted by molar-refractivity contribution is 0.151. The summed E-state index contributed by atoms with van der Waals surface area (Å²) < 4.78 is 2.03. The van der Waals surface area contributed by atoms with E-state index in [1.165, 1.54) is 10.8 Å². The molecule has 1 aliphatic rings. The van der Waals surface area contributed by atoms with E-state index in [-0.39, 0.29) is 5.56 Å². The molecule has 1 aromatic heterocycles. The lowest BCUT2D eigenvalue weighted by atomic mass is 10.0. The average molecular weight is 400 g/mol. The summed E-state index contributed by atoms with van der Waals surface area (Å²) in [6.45, 7) is 6.50. The Kier molecular flexibility index (Phi) is 5.28. The molecule has 4 heteroatoms. The quantitative estimate of drug-likeness (QED) is 0.369. The molecule has 5 rings (SSSR count). The summed E-state index contributed by atoms with van der Waals surface area (Å²) in [6, 6.07) is 20.8. The molecule has 30 heavy (non-hydrogen) atoms. The molecule has 4 nitrogen and oxygen atoms in total. The maximum atomic E-state index is 13.5. The van der Waals surface area contributed by atoms with E-state index in [4.69, 9.17) is 0 Å². The van der Waals surface area contributed by atoms with Crippen LogP contribution in [0.1, 0.15) is 12.8 Å². The molecule has 3 aromatic carbocycles. The van der Waals surface area contributed by atoms with Gasteiger partial charge in [0.25, 0.3) is 5.56 Å². The van der Waals surface area contributed by atoms with Crippen LogP contribution in [0.25, 0.3) is 32.4 Å². The van der Waals surface area contributed by atoms with Gasteiger partial charge in [-0.15, -0.1) is 0 Å². The summed E-state index contributed by atoms with van der Waals surface area (Å²) in [4.78, 5) is 18.4. The van der Waals surface area contributed by atoms with Gasteiger partial charge in [0.15, 0.2) is 0 Å². The Morgan fingerprint density at radius 1 is 0.700 bits per heavy atom. The number of unbranched alkanes of at least 4 members (excludes halogenated alkanes) is 1. The Labute approximate surface area is 177 Å². The van der Waals surface area contributed by atoms with Crippen molar-refractivity contribution >= 4 is 32.4 Å². The molecule has 0 unspecified atom stereocenters. The molecule has 0 bridgehead atoms. The smallest absolute Gasteiger partial charge is 0.258 e. The lowest BCUT2D eigenvalue weighted by Gasteiger charge is -2.32. The van der Waals surface area contributed by atoms with Gasteiger partial charge in [0, 0.05) is 48.9 Å². The number of rotatable bonds is 5. The van der Waals surface area contributed by atoms with Crippen LogP contribution in [0, 0.1) is 0 Å². The standard InChI is InChI=1S/C26H29N3O/c1-27-16-18-28(19-17-27)14-6-7-15-29-25-21-9-3-2-8-20(21)12-13-23(25)22-10-4-5-11-24(22)26(29)30/h2-5,8-13H,6-7,14-19H2,1H3. The Hall–Kier alpha value is -2.69. The van der Waals surface area contributed by atoms with Crippen LogP contribution in [-0.4, -0.2) is 54.1 Å². The topological polar surface area (TPSA) is 28.5 Å². The van der Waals surface area contributed by atoms with E-state index in [0.717, 1.165) is 73.8 Å². The third-order valence-corrected chi connectivity index (χ3v) is 6.57. The molecular weight excluding hydrogens is 370 g/mol. The van der Waals surface area contributed by atoms with E-state index < -0.39 is 0 Å². The number of benzene rings is 3. The molecule has 154 valence electrons. The first-order valence-corrected chi connectivity index (χ1v) is 11.1. The highest BCUT2D eigenvalue weighted by atomic mass is 16.1. The van der Waals surface area contributed by atoms with Crippen molar-refractivity contribution in [1.82, 2.24) is 14.4 Å². The zero-order chi connectivity index (χ0) is 20.5. The SMILES string of the molecule is CN1CCN(CCCCn2c(=O)c3ccccc3c3ccc4ccccc4c32)CC1. The molecular formula is C26H29N3O. The largest absolute Gasteiger partial charge is 0.307 e. The van der Waals surface area contributed by atoms with Crippen LogP contribution in [0.5, 0.6) is 0 Å². The van der Waals surface area contributed by atoms with E-state index in [2.05, 4.69) is 59.3 Å². The van der Waals surface area contributed by atoms with Crippen molar-refractivity contribution in [1.29, 1.82) is 0 Å². The highest BCUT2D eigenvalue weighted by Gasteiger charge is 2.15. The Bertz CT molecular complexity index is 1250. The molecule has 0 saturated carbocycles. The van der Waals surface area contributed by atoms with Crippen LogP contribution in [-0.2, 0) is 6.54 Å². The zero-order valence-corrected chi connectivity index (χ0v) is 17.7. The summed E-state index contributed by atoms with van der Waals surface area (Å²) in [7, 11) is 2.19. The molecule has 0 N–H and O–H groups in total. The second-order valence-electron chi connectivity index (χ2n) is 8.54. The predicted molar refractivity (Wildman–Crippen MR) is 126 cm³/mol. The van der Waals surface area contributed by atoms with Gasteiger partial charge in [-0.3, -0.25) is 4.79 Å². The van der Waals surface area contributed by atoms with Gasteiger partial charge in [-0.25, -0.2) is 0 Å². The van der Waals surface area contributed by atoms with E-state index in [9.17, 15) is 4.79 Å². The van der Waals surface area contributed by atoms with Crippen LogP contribution >= 0.6 is 0 Å². The number of pyridine rings is 1. The third kappa shape index (κ3) is 3.51. The second kappa shape index (κ2) is 8.21. The number of hydrogen-bond donors (Lipinski definition) is 0. The van der Waals surface area contributed by atoms with Gasteiger partial charge in [0.2, 0.25) is 0 Å². The number of aromatic nitrogens is 1. The maximum Gasteiger partial charge on any atom is 0.258 e. The first-order valence-electron chi connectivity index (χ1n) is 11.1. The van der Waals surface area contributed by atoms with Crippen molar-refractivity contribution in [2.45, 2.75) is 19.4 Å². The van der Waals surface area contributed by atoms with E-state index in [1.54, 1.807) is 0 Å². The molecule has 0 radical (unpaired) electrons. The minimum atomic E-state index is 0.133. The summed E-state index contributed by atoms with van der Waals surface area (Å²) in [5.74, 6) is 0. The van der Waals surface area contributed by atoms with Gasteiger partial charge in [0.05, 0.1) is 5.52 Å². The second-order valence-corrected chi connectivity index (χ2v) is 8.54. The summed E-state index contributed by atoms with van der Waals surface area (Å²) in [6.07, 6.45) is 2.14. The maximum absolute atomic E-state index is 13.5. The fourth-order valence-corrected chi connectivity index (χ4v) is 4.80. The Morgan fingerprint density at radius 3 is 2.17 bits per heavy atom. The summed E-state index contributed by atoms with van der Waals surface area (Å²) in [5, 5.41) is 5.39. The first-order chi connectivity index (χ1) is 14.7.